The third-order valence-corrected chi connectivity index (χ3v) is 6.84. The van der Waals surface area contributed by atoms with Gasteiger partial charge in [-0.2, -0.15) is 0 Å². The number of halogens is 1. The van der Waals surface area contributed by atoms with Crippen LogP contribution in [0.1, 0.15) is 52.5 Å². The van der Waals surface area contributed by atoms with E-state index in [0.717, 1.165) is 6.26 Å². The Hall–Kier alpha value is -3.14. The maximum Gasteiger partial charge on any atom is 0.243 e. The molecule has 1 N–H and O–H groups in total. The van der Waals surface area contributed by atoms with Crippen LogP contribution in [0.15, 0.2) is 48.5 Å². The molecule has 0 aliphatic carbocycles. The standard InChI is InChI=1S/C27H38FN3O5S/c1-7-22(26(33)29-27(2,3)4)30(19-20-14-16-21(28)17-15-20)25(32)13-10-18-31(37(6,34)35)23-11-8-9-12-24(23)36-5/h8-9,11-12,14-17,22H,7,10,13,18-19H2,1-6H3,(H,29,33). The van der Waals surface area contributed by atoms with Gasteiger partial charge in [0.05, 0.1) is 19.1 Å². The Morgan fingerprint density at radius 2 is 1.70 bits per heavy atom. The summed E-state index contributed by atoms with van der Waals surface area (Å²) in [5.74, 6) is -0.565. The van der Waals surface area contributed by atoms with Gasteiger partial charge in [-0.15, -0.1) is 0 Å². The van der Waals surface area contributed by atoms with Crippen LogP contribution in [0.3, 0.4) is 0 Å². The van der Waals surface area contributed by atoms with E-state index in [0.29, 0.717) is 23.4 Å². The number of para-hydroxylation sites is 2. The zero-order valence-corrected chi connectivity index (χ0v) is 23.3. The Labute approximate surface area is 219 Å². The quantitative estimate of drug-likeness (QED) is 0.442. The number of amides is 2. The number of hydrogen-bond acceptors (Lipinski definition) is 5. The molecule has 1 unspecified atom stereocenters. The summed E-state index contributed by atoms with van der Waals surface area (Å²) < 4.78 is 45.1. The van der Waals surface area contributed by atoms with Gasteiger partial charge < -0.3 is 15.0 Å². The highest BCUT2D eigenvalue weighted by Gasteiger charge is 2.31. The number of hydrogen-bond donors (Lipinski definition) is 1. The molecule has 0 aliphatic heterocycles. The minimum atomic E-state index is -3.65. The molecule has 0 fully saturated rings. The summed E-state index contributed by atoms with van der Waals surface area (Å²) in [6, 6.07) is 11.8. The minimum absolute atomic E-state index is 0.0155. The number of nitrogens with one attached hydrogen (secondary N) is 1. The van der Waals surface area contributed by atoms with E-state index in [9.17, 15) is 22.4 Å². The van der Waals surface area contributed by atoms with Gasteiger partial charge in [0.25, 0.3) is 0 Å². The van der Waals surface area contributed by atoms with Crippen LogP contribution in [-0.4, -0.2) is 56.6 Å². The van der Waals surface area contributed by atoms with E-state index in [2.05, 4.69) is 5.32 Å². The molecular weight excluding hydrogens is 497 g/mol. The van der Waals surface area contributed by atoms with Crippen molar-refractivity contribution in [3.05, 3.63) is 59.9 Å². The fourth-order valence-corrected chi connectivity index (χ4v) is 4.95. The summed E-state index contributed by atoms with van der Waals surface area (Å²) in [5, 5.41) is 2.93. The molecule has 2 aromatic carbocycles. The summed E-state index contributed by atoms with van der Waals surface area (Å²) in [6.07, 6.45) is 1.72. The lowest BCUT2D eigenvalue weighted by molar-refractivity contribution is -0.142. The molecule has 0 heterocycles. The van der Waals surface area contributed by atoms with E-state index < -0.39 is 27.4 Å². The molecule has 0 aliphatic rings. The fraction of sp³-hybridized carbons (Fsp3) is 0.481. The second-order valence-electron chi connectivity index (χ2n) is 9.92. The molecule has 204 valence electrons. The van der Waals surface area contributed by atoms with Crippen molar-refractivity contribution >= 4 is 27.5 Å². The Morgan fingerprint density at radius 3 is 2.24 bits per heavy atom. The van der Waals surface area contributed by atoms with Crippen molar-refractivity contribution in [3.63, 3.8) is 0 Å². The molecule has 8 nitrogen and oxygen atoms in total. The van der Waals surface area contributed by atoms with Gasteiger partial charge in [-0.25, -0.2) is 12.8 Å². The number of methoxy groups -OCH3 is 1. The van der Waals surface area contributed by atoms with Crippen molar-refractivity contribution in [2.45, 2.75) is 65.1 Å². The summed E-state index contributed by atoms with van der Waals surface area (Å²) in [4.78, 5) is 28.0. The molecule has 0 saturated carbocycles. The Morgan fingerprint density at radius 1 is 1.08 bits per heavy atom. The first-order valence-corrected chi connectivity index (χ1v) is 14.1. The first-order valence-electron chi connectivity index (χ1n) is 12.2. The minimum Gasteiger partial charge on any atom is -0.495 e. The monoisotopic (exact) mass is 535 g/mol. The van der Waals surface area contributed by atoms with Crippen LogP contribution in [0.25, 0.3) is 0 Å². The molecule has 0 bridgehead atoms. The van der Waals surface area contributed by atoms with Crippen LogP contribution >= 0.6 is 0 Å². The lowest BCUT2D eigenvalue weighted by Crippen LogP contribution is -2.53. The van der Waals surface area contributed by atoms with Gasteiger partial charge in [-0.3, -0.25) is 13.9 Å². The van der Waals surface area contributed by atoms with Gasteiger partial charge >= 0.3 is 0 Å². The molecule has 0 radical (unpaired) electrons. The Balaban J connectivity index is 2.26. The highest BCUT2D eigenvalue weighted by Crippen LogP contribution is 2.30. The smallest absolute Gasteiger partial charge is 0.243 e. The number of rotatable bonds is 12. The zero-order valence-electron chi connectivity index (χ0n) is 22.5. The van der Waals surface area contributed by atoms with Crippen molar-refractivity contribution < 1.29 is 27.1 Å². The summed E-state index contributed by atoms with van der Waals surface area (Å²) in [6.45, 7) is 7.59. The zero-order chi connectivity index (χ0) is 27.8. The largest absolute Gasteiger partial charge is 0.495 e. The third-order valence-electron chi connectivity index (χ3n) is 5.66. The molecule has 1 atom stereocenters. The molecule has 37 heavy (non-hydrogen) atoms. The van der Waals surface area contributed by atoms with Crippen molar-refractivity contribution in [3.8, 4) is 5.75 Å². The van der Waals surface area contributed by atoms with Gasteiger partial charge in [0.15, 0.2) is 0 Å². The normalized spacial score (nSPS) is 12.5. The second-order valence-corrected chi connectivity index (χ2v) is 11.8. The number of sulfonamides is 1. The molecular formula is C27H38FN3O5S. The third kappa shape index (κ3) is 9.03. The highest BCUT2D eigenvalue weighted by molar-refractivity contribution is 7.92. The molecule has 0 spiro atoms. The average Bonchev–Trinajstić information content (AvgIpc) is 2.81. The van der Waals surface area contributed by atoms with Crippen molar-refractivity contribution in [2.75, 3.05) is 24.2 Å². The number of benzene rings is 2. The Bertz CT molecular complexity index is 1160. The van der Waals surface area contributed by atoms with E-state index in [1.54, 1.807) is 36.4 Å². The molecule has 2 amide bonds. The van der Waals surface area contributed by atoms with E-state index in [1.807, 2.05) is 27.7 Å². The molecule has 2 aromatic rings. The van der Waals surface area contributed by atoms with E-state index in [-0.39, 0.29) is 37.7 Å². The summed E-state index contributed by atoms with van der Waals surface area (Å²) >= 11 is 0. The van der Waals surface area contributed by atoms with Crippen molar-refractivity contribution in [1.82, 2.24) is 10.2 Å². The molecule has 0 saturated heterocycles. The van der Waals surface area contributed by atoms with E-state index >= 15 is 0 Å². The number of carbonyl (C=O) groups is 2. The first kappa shape index (κ1) is 30.1. The Kier molecular flexibility index (Phi) is 10.5. The topological polar surface area (TPSA) is 96.0 Å². The van der Waals surface area contributed by atoms with Crippen LogP contribution in [0.5, 0.6) is 5.75 Å². The predicted molar refractivity (Wildman–Crippen MR) is 143 cm³/mol. The average molecular weight is 536 g/mol. The summed E-state index contributed by atoms with van der Waals surface area (Å²) in [7, 11) is -2.19. The maximum absolute atomic E-state index is 13.5. The lowest BCUT2D eigenvalue weighted by Gasteiger charge is -2.33. The molecule has 2 rings (SSSR count). The van der Waals surface area contributed by atoms with E-state index in [4.69, 9.17) is 4.74 Å². The number of carbonyl (C=O) groups excluding carboxylic acids is 2. The van der Waals surface area contributed by atoms with Crippen molar-refractivity contribution in [1.29, 1.82) is 0 Å². The predicted octanol–water partition coefficient (Wildman–Crippen LogP) is 4.10. The highest BCUT2D eigenvalue weighted by atomic mass is 32.2. The van der Waals surface area contributed by atoms with E-state index in [1.165, 1.54) is 28.4 Å². The van der Waals surface area contributed by atoms with Crippen LogP contribution in [0.2, 0.25) is 0 Å². The molecule has 10 heteroatoms. The van der Waals surface area contributed by atoms with Gasteiger partial charge in [0.2, 0.25) is 21.8 Å². The van der Waals surface area contributed by atoms with Crippen LogP contribution in [0.4, 0.5) is 10.1 Å². The number of ether oxygens (including phenoxy) is 1. The number of anilines is 1. The number of nitrogens with zero attached hydrogens (tertiary/aromatic N) is 2. The fourth-order valence-electron chi connectivity index (χ4n) is 3.98. The lowest BCUT2D eigenvalue weighted by atomic mass is 10.0. The second kappa shape index (κ2) is 12.9. The van der Waals surface area contributed by atoms with Crippen LogP contribution in [-0.2, 0) is 26.2 Å². The van der Waals surface area contributed by atoms with Crippen LogP contribution < -0.4 is 14.4 Å². The van der Waals surface area contributed by atoms with Crippen molar-refractivity contribution in [2.24, 2.45) is 0 Å². The SMILES string of the molecule is CCC(C(=O)NC(C)(C)C)N(Cc1ccc(F)cc1)C(=O)CCCN(c1ccccc1OC)S(C)(=O)=O. The van der Waals surface area contributed by atoms with Gasteiger partial charge in [-0.1, -0.05) is 31.2 Å². The maximum atomic E-state index is 13.5. The molecule has 0 aromatic heterocycles. The summed E-state index contributed by atoms with van der Waals surface area (Å²) in [5.41, 5.74) is 0.586. The van der Waals surface area contributed by atoms with Gasteiger partial charge in [0, 0.05) is 25.0 Å². The van der Waals surface area contributed by atoms with Gasteiger partial charge in [-0.05, 0) is 63.4 Å². The van der Waals surface area contributed by atoms with Crippen LogP contribution in [0, 0.1) is 5.82 Å². The first-order chi connectivity index (χ1) is 17.3. The van der Waals surface area contributed by atoms with Gasteiger partial charge in [0.1, 0.15) is 17.6 Å².